The maximum Gasteiger partial charge on any atom is 0.245 e. The van der Waals surface area contributed by atoms with Crippen LogP contribution in [0.2, 0.25) is 0 Å². The topological polar surface area (TPSA) is 72.6 Å². The summed E-state index contributed by atoms with van der Waals surface area (Å²) in [6, 6.07) is 3.41. The molecule has 0 aliphatic carbocycles. The second-order valence-corrected chi connectivity index (χ2v) is 7.57. The number of nitrogens with zero attached hydrogens (tertiary/aromatic N) is 1. The molecule has 0 saturated carbocycles. The summed E-state index contributed by atoms with van der Waals surface area (Å²) in [4.78, 5) is 0.214. The van der Waals surface area contributed by atoms with Gasteiger partial charge in [0.1, 0.15) is 4.90 Å². The van der Waals surface area contributed by atoms with E-state index in [0.29, 0.717) is 32.0 Å². The highest BCUT2D eigenvalue weighted by Gasteiger charge is 2.29. The molecule has 1 heterocycles. The summed E-state index contributed by atoms with van der Waals surface area (Å²) >= 11 is 0. The Hall–Kier alpha value is -1.11. The third-order valence-electron chi connectivity index (χ3n) is 4.08. The second-order valence-electron chi connectivity index (χ2n) is 5.66. The van der Waals surface area contributed by atoms with Crippen molar-refractivity contribution in [3.05, 3.63) is 23.3 Å². The Kier molecular flexibility index (Phi) is 4.91. The fraction of sp³-hybridized carbons (Fsp3) is 0.600. The molecule has 1 unspecified atom stereocenters. The molecule has 1 aliphatic heterocycles. The zero-order valence-electron chi connectivity index (χ0n) is 12.9. The molecule has 0 radical (unpaired) electrons. The first kappa shape index (κ1) is 16.3. The van der Waals surface area contributed by atoms with Crippen molar-refractivity contribution in [3.63, 3.8) is 0 Å². The number of anilines is 1. The van der Waals surface area contributed by atoms with Crippen molar-refractivity contribution in [2.45, 2.75) is 32.1 Å². The van der Waals surface area contributed by atoms with E-state index in [9.17, 15) is 8.42 Å². The van der Waals surface area contributed by atoms with E-state index < -0.39 is 10.0 Å². The zero-order chi connectivity index (χ0) is 15.6. The molecule has 1 aromatic rings. The van der Waals surface area contributed by atoms with Gasteiger partial charge in [-0.05, 0) is 49.4 Å². The summed E-state index contributed by atoms with van der Waals surface area (Å²) in [6.07, 6.45) is 0.911. The van der Waals surface area contributed by atoms with Gasteiger partial charge in [-0.15, -0.1) is 0 Å². The third kappa shape index (κ3) is 3.39. The first-order valence-electron chi connectivity index (χ1n) is 7.31. The maximum absolute atomic E-state index is 12.8. The van der Waals surface area contributed by atoms with Crippen LogP contribution in [0.5, 0.6) is 0 Å². The van der Waals surface area contributed by atoms with Crippen LogP contribution in [0.25, 0.3) is 0 Å². The van der Waals surface area contributed by atoms with Gasteiger partial charge in [-0.3, -0.25) is 0 Å². The lowest BCUT2D eigenvalue weighted by Crippen LogP contribution is -2.36. The molecule has 2 rings (SSSR count). The summed E-state index contributed by atoms with van der Waals surface area (Å²) in [6.45, 7) is 7.95. The number of hydrogen-bond acceptors (Lipinski definition) is 4. The summed E-state index contributed by atoms with van der Waals surface area (Å²) in [7, 11) is -3.56. The molecule has 118 valence electrons. The fourth-order valence-electron chi connectivity index (χ4n) is 2.59. The quantitative estimate of drug-likeness (QED) is 0.843. The highest BCUT2D eigenvalue weighted by Crippen LogP contribution is 2.27. The number of hydrogen-bond donors (Lipinski definition) is 1. The van der Waals surface area contributed by atoms with Crippen molar-refractivity contribution in [1.82, 2.24) is 4.31 Å². The summed E-state index contributed by atoms with van der Waals surface area (Å²) < 4.78 is 32.5. The SMILES string of the molecule is CCN(CC1CCOC1)S(=O)(=O)c1cc(C)c(C)cc1N. The van der Waals surface area contributed by atoms with Crippen LogP contribution >= 0.6 is 0 Å². The Labute approximate surface area is 127 Å². The predicted molar refractivity (Wildman–Crippen MR) is 83.7 cm³/mol. The van der Waals surface area contributed by atoms with Crippen LogP contribution in [-0.2, 0) is 14.8 Å². The molecule has 21 heavy (non-hydrogen) atoms. The van der Waals surface area contributed by atoms with Crippen LogP contribution in [0.15, 0.2) is 17.0 Å². The van der Waals surface area contributed by atoms with E-state index >= 15 is 0 Å². The molecule has 6 heteroatoms. The molecular formula is C15H24N2O3S. The standard InChI is InChI=1S/C15H24N2O3S/c1-4-17(9-13-5-6-20-10-13)21(18,19)15-8-12(3)11(2)7-14(15)16/h7-8,13H,4-6,9-10,16H2,1-3H3. The van der Waals surface area contributed by atoms with Crippen LogP contribution < -0.4 is 5.73 Å². The van der Waals surface area contributed by atoms with Gasteiger partial charge in [0.15, 0.2) is 0 Å². The monoisotopic (exact) mass is 312 g/mol. The number of rotatable bonds is 5. The third-order valence-corrected chi connectivity index (χ3v) is 6.08. The van der Waals surface area contributed by atoms with Crippen molar-refractivity contribution in [3.8, 4) is 0 Å². The van der Waals surface area contributed by atoms with Crippen molar-refractivity contribution >= 4 is 15.7 Å². The normalized spacial score (nSPS) is 19.3. The predicted octanol–water partition coefficient (Wildman–Crippen LogP) is 1.93. The van der Waals surface area contributed by atoms with Crippen LogP contribution in [0.1, 0.15) is 24.5 Å². The van der Waals surface area contributed by atoms with Crippen LogP contribution in [-0.4, -0.2) is 39.0 Å². The van der Waals surface area contributed by atoms with Gasteiger partial charge in [0.2, 0.25) is 10.0 Å². The van der Waals surface area contributed by atoms with E-state index in [1.807, 2.05) is 20.8 Å². The Bertz CT molecular complexity index is 608. The minimum absolute atomic E-state index is 0.214. The molecule has 1 aromatic carbocycles. The molecule has 0 aromatic heterocycles. The van der Waals surface area contributed by atoms with Crippen molar-refractivity contribution in [2.75, 3.05) is 32.0 Å². The summed E-state index contributed by atoms with van der Waals surface area (Å²) in [5.74, 6) is 0.271. The highest BCUT2D eigenvalue weighted by atomic mass is 32.2. The number of ether oxygens (including phenoxy) is 1. The lowest BCUT2D eigenvalue weighted by molar-refractivity contribution is 0.181. The summed E-state index contributed by atoms with van der Waals surface area (Å²) in [5, 5.41) is 0. The minimum Gasteiger partial charge on any atom is -0.398 e. The molecule has 1 atom stereocenters. The Morgan fingerprint density at radius 3 is 2.57 bits per heavy atom. The van der Waals surface area contributed by atoms with E-state index in [0.717, 1.165) is 17.5 Å². The second kappa shape index (κ2) is 6.34. The van der Waals surface area contributed by atoms with Gasteiger partial charge in [0.05, 0.1) is 12.3 Å². The Morgan fingerprint density at radius 2 is 2.00 bits per heavy atom. The Balaban J connectivity index is 2.32. The largest absolute Gasteiger partial charge is 0.398 e. The van der Waals surface area contributed by atoms with Gasteiger partial charge in [0, 0.05) is 19.7 Å². The fourth-order valence-corrected chi connectivity index (χ4v) is 4.29. The number of nitrogen functional groups attached to an aromatic ring is 1. The maximum atomic E-state index is 12.8. The van der Waals surface area contributed by atoms with E-state index in [1.54, 1.807) is 12.1 Å². The molecule has 1 fully saturated rings. The molecular weight excluding hydrogens is 288 g/mol. The van der Waals surface area contributed by atoms with Gasteiger partial charge in [0.25, 0.3) is 0 Å². The first-order valence-corrected chi connectivity index (χ1v) is 8.75. The molecule has 0 spiro atoms. The number of aryl methyl sites for hydroxylation is 2. The molecule has 1 aliphatic rings. The van der Waals surface area contributed by atoms with Gasteiger partial charge in [-0.25, -0.2) is 8.42 Å². The average Bonchev–Trinajstić information content (AvgIpc) is 2.92. The summed E-state index contributed by atoms with van der Waals surface area (Å²) in [5.41, 5.74) is 8.20. The first-order chi connectivity index (χ1) is 9.86. The zero-order valence-corrected chi connectivity index (χ0v) is 13.7. The number of nitrogens with two attached hydrogens (primary N) is 1. The van der Waals surface area contributed by atoms with E-state index in [-0.39, 0.29) is 10.8 Å². The molecule has 2 N–H and O–H groups in total. The smallest absolute Gasteiger partial charge is 0.245 e. The lowest BCUT2D eigenvalue weighted by Gasteiger charge is -2.24. The number of sulfonamides is 1. The van der Waals surface area contributed by atoms with Crippen molar-refractivity contribution < 1.29 is 13.2 Å². The van der Waals surface area contributed by atoms with Gasteiger partial charge in [-0.1, -0.05) is 6.92 Å². The molecule has 5 nitrogen and oxygen atoms in total. The van der Waals surface area contributed by atoms with Crippen LogP contribution in [0.4, 0.5) is 5.69 Å². The van der Waals surface area contributed by atoms with E-state index in [1.165, 1.54) is 4.31 Å². The Morgan fingerprint density at radius 1 is 1.33 bits per heavy atom. The average molecular weight is 312 g/mol. The molecule has 0 bridgehead atoms. The molecule has 1 saturated heterocycles. The van der Waals surface area contributed by atoms with E-state index in [2.05, 4.69) is 0 Å². The van der Waals surface area contributed by atoms with Crippen molar-refractivity contribution in [1.29, 1.82) is 0 Å². The van der Waals surface area contributed by atoms with Crippen LogP contribution in [0, 0.1) is 19.8 Å². The number of benzene rings is 1. The van der Waals surface area contributed by atoms with Crippen LogP contribution in [0.3, 0.4) is 0 Å². The van der Waals surface area contributed by atoms with Gasteiger partial charge >= 0.3 is 0 Å². The van der Waals surface area contributed by atoms with Gasteiger partial charge in [-0.2, -0.15) is 4.31 Å². The van der Waals surface area contributed by atoms with Crippen molar-refractivity contribution in [2.24, 2.45) is 5.92 Å². The van der Waals surface area contributed by atoms with Gasteiger partial charge < -0.3 is 10.5 Å². The highest BCUT2D eigenvalue weighted by molar-refractivity contribution is 7.89. The minimum atomic E-state index is -3.56. The molecule has 0 amide bonds. The lowest BCUT2D eigenvalue weighted by atomic mass is 10.1. The van der Waals surface area contributed by atoms with E-state index in [4.69, 9.17) is 10.5 Å².